The predicted octanol–water partition coefficient (Wildman–Crippen LogP) is 9.10. The number of esters is 2. The Balaban J connectivity index is 1.50. The molecule has 0 saturated carbocycles. The average molecular weight is 731 g/mol. The lowest BCUT2D eigenvalue weighted by Crippen LogP contribution is -2.12. The molecule has 0 aliphatic carbocycles. The van der Waals surface area contributed by atoms with Crippen LogP contribution in [0.2, 0.25) is 0 Å². The van der Waals surface area contributed by atoms with Gasteiger partial charge in [-0.15, -0.1) is 0 Å². The van der Waals surface area contributed by atoms with Gasteiger partial charge in [-0.1, -0.05) is 60.7 Å². The molecule has 6 aromatic rings. The minimum atomic E-state index is -0.536. The normalized spacial score (nSPS) is 10.8. The molecule has 0 fully saturated rings. The maximum atomic E-state index is 13.6. The van der Waals surface area contributed by atoms with Crippen molar-refractivity contribution in [3.8, 4) is 56.5 Å². The van der Waals surface area contributed by atoms with Crippen molar-refractivity contribution in [1.82, 2.24) is 19.9 Å². The highest BCUT2D eigenvalue weighted by atomic mass is 33.1. The smallest absolute Gasteiger partial charge is 0.342 e. The molecule has 0 aliphatic heterocycles. The van der Waals surface area contributed by atoms with Gasteiger partial charge in [-0.3, -0.25) is 0 Å². The van der Waals surface area contributed by atoms with Crippen LogP contribution in [0.5, 0.6) is 11.5 Å². The van der Waals surface area contributed by atoms with Gasteiger partial charge in [0.15, 0.2) is 10.3 Å². The van der Waals surface area contributed by atoms with E-state index in [2.05, 4.69) is 0 Å². The molecule has 0 unspecified atom stereocenters. The number of carbonyl (C=O) groups is 2. The Morgan fingerprint density at radius 3 is 1.08 bits per heavy atom. The zero-order chi connectivity index (χ0) is 36.5. The van der Waals surface area contributed by atoms with Crippen LogP contribution in [0.4, 0.5) is 0 Å². The van der Waals surface area contributed by atoms with Crippen LogP contribution in [0.3, 0.4) is 0 Å². The van der Waals surface area contributed by atoms with Crippen LogP contribution in [0.1, 0.15) is 34.6 Å². The standard InChI is InChI=1S/C40H34N4O6S2/c1-5-49-37(45)31-33(25-13-9-7-10-14-25)41-39(43-35(31)27-17-21-29(47-3)22-18-27)51-52-40-42-34(26-15-11-8-12-16-26)32(38(46)50-6-2)36(44-40)28-19-23-30(48-4)24-20-28/h7-24H,5-6H2,1-4H3. The average Bonchev–Trinajstić information content (AvgIpc) is 3.20. The van der Waals surface area contributed by atoms with Crippen molar-refractivity contribution < 1.29 is 28.5 Å². The molecule has 10 nitrogen and oxygen atoms in total. The number of hydrogen-bond acceptors (Lipinski definition) is 12. The summed E-state index contributed by atoms with van der Waals surface area (Å²) in [7, 11) is 5.64. The van der Waals surface area contributed by atoms with Gasteiger partial charge in [-0.2, -0.15) is 0 Å². The predicted molar refractivity (Wildman–Crippen MR) is 203 cm³/mol. The number of rotatable bonds is 13. The van der Waals surface area contributed by atoms with E-state index in [1.807, 2.05) is 84.9 Å². The van der Waals surface area contributed by atoms with Gasteiger partial charge in [-0.05, 0) is 84.0 Å². The molecule has 4 aromatic carbocycles. The molecule has 0 bridgehead atoms. The van der Waals surface area contributed by atoms with Crippen molar-refractivity contribution in [2.75, 3.05) is 27.4 Å². The fraction of sp³-hybridized carbons (Fsp3) is 0.150. The Hall–Kier alpha value is -5.72. The topological polar surface area (TPSA) is 123 Å². The second-order valence-electron chi connectivity index (χ2n) is 11.0. The molecule has 0 N–H and O–H groups in total. The third kappa shape index (κ3) is 8.09. The van der Waals surface area contributed by atoms with E-state index in [-0.39, 0.29) is 24.3 Å². The molecule has 262 valence electrons. The van der Waals surface area contributed by atoms with Crippen LogP contribution in [-0.2, 0) is 9.47 Å². The van der Waals surface area contributed by atoms with Crippen molar-refractivity contribution in [1.29, 1.82) is 0 Å². The molecule has 0 atom stereocenters. The van der Waals surface area contributed by atoms with Gasteiger partial charge >= 0.3 is 11.9 Å². The summed E-state index contributed by atoms with van der Waals surface area (Å²) in [5.41, 5.74) is 4.94. The van der Waals surface area contributed by atoms with Crippen LogP contribution >= 0.6 is 21.6 Å². The van der Waals surface area contributed by atoms with Gasteiger partial charge in [-0.25, -0.2) is 29.5 Å². The monoisotopic (exact) mass is 730 g/mol. The number of ether oxygens (including phenoxy) is 4. The highest BCUT2D eigenvalue weighted by molar-refractivity contribution is 8.76. The Kier molecular flexibility index (Phi) is 11.8. The van der Waals surface area contributed by atoms with Gasteiger partial charge in [0.1, 0.15) is 22.6 Å². The molecule has 0 spiro atoms. The van der Waals surface area contributed by atoms with E-state index < -0.39 is 11.9 Å². The summed E-state index contributed by atoms with van der Waals surface area (Å²) in [4.78, 5) is 46.7. The summed E-state index contributed by atoms with van der Waals surface area (Å²) in [5, 5.41) is 0.709. The first-order valence-electron chi connectivity index (χ1n) is 16.4. The fourth-order valence-electron chi connectivity index (χ4n) is 5.35. The van der Waals surface area contributed by atoms with E-state index in [0.717, 1.165) is 11.1 Å². The maximum Gasteiger partial charge on any atom is 0.342 e. The first-order chi connectivity index (χ1) is 25.4. The Labute approximate surface area is 309 Å². The van der Waals surface area contributed by atoms with Gasteiger partial charge in [0.05, 0.1) is 50.2 Å². The molecule has 6 rings (SSSR count). The summed E-state index contributed by atoms with van der Waals surface area (Å²) in [6.45, 7) is 3.87. The molecular weight excluding hydrogens is 697 g/mol. The van der Waals surface area contributed by atoms with Crippen LogP contribution in [0.15, 0.2) is 120 Å². The zero-order valence-corrected chi connectivity index (χ0v) is 30.5. The molecule has 0 radical (unpaired) electrons. The summed E-state index contributed by atoms with van der Waals surface area (Å²) in [6.07, 6.45) is 0. The van der Waals surface area contributed by atoms with Crippen molar-refractivity contribution in [3.05, 3.63) is 120 Å². The molecule has 52 heavy (non-hydrogen) atoms. The van der Waals surface area contributed by atoms with E-state index in [4.69, 9.17) is 38.9 Å². The van der Waals surface area contributed by atoms with Gasteiger partial charge in [0.25, 0.3) is 0 Å². The van der Waals surface area contributed by atoms with Crippen LogP contribution in [0.25, 0.3) is 45.0 Å². The number of carbonyl (C=O) groups excluding carboxylic acids is 2. The second kappa shape index (κ2) is 17.0. The highest BCUT2D eigenvalue weighted by Crippen LogP contribution is 2.41. The molecule has 2 aromatic heterocycles. The Bertz CT molecular complexity index is 2010. The minimum Gasteiger partial charge on any atom is -0.497 e. The lowest BCUT2D eigenvalue weighted by molar-refractivity contribution is 0.0517. The Morgan fingerprint density at radius 1 is 0.481 bits per heavy atom. The molecule has 0 aliphatic rings. The fourth-order valence-corrected chi connectivity index (χ4v) is 6.91. The summed E-state index contributed by atoms with van der Waals surface area (Å²) in [6, 6.07) is 33.4. The zero-order valence-electron chi connectivity index (χ0n) is 28.9. The number of hydrogen-bond donors (Lipinski definition) is 0. The third-order valence-electron chi connectivity index (χ3n) is 7.75. The first-order valence-corrected chi connectivity index (χ1v) is 18.5. The largest absolute Gasteiger partial charge is 0.497 e. The van der Waals surface area contributed by atoms with Gasteiger partial charge in [0, 0.05) is 22.3 Å². The first kappa shape index (κ1) is 36.1. The van der Waals surface area contributed by atoms with E-state index in [1.165, 1.54) is 21.6 Å². The summed E-state index contributed by atoms with van der Waals surface area (Å²) >= 11 is 0. The third-order valence-corrected chi connectivity index (χ3v) is 9.64. The highest BCUT2D eigenvalue weighted by Gasteiger charge is 2.27. The second-order valence-corrected chi connectivity index (χ2v) is 13.0. The lowest BCUT2D eigenvalue weighted by atomic mass is 10.00. The minimum absolute atomic E-state index is 0.181. The SMILES string of the molecule is CCOC(=O)c1c(-c2ccccc2)nc(SSc2nc(-c3ccccc3)c(C(=O)OCC)c(-c3ccc(OC)cc3)n2)nc1-c1ccc(OC)cc1. The van der Waals surface area contributed by atoms with Crippen molar-refractivity contribution in [2.24, 2.45) is 0 Å². The molecule has 0 saturated heterocycles. The number of nitrogens with zero attached hydrogens (tertiary/aromatic N) is 4. The molecular formula is C40H34N4O6S2. The molecule has 12 heteroatoms. The molecule has 0 amide bonds. The van der Waals surface area contributed by atoms with E-state index >= 15 is 0 Å². The van der Waals surface area contributed by atoms with E-state index in [1.54, 1.807) is 52.3 Å². The van der Waals surface area contributed by atoms with Crippen LogP contribution < -0.4 is 9.47 Å². The van der Waals surface area contributed by atoms with E-state index in [0.29, 0.717) is 55.7 Å². The maximum absolute atomic E-state index is 13.6. The van der Waals surface area contributed by atoms with Crippen molar-refractivity contribution >= 4 is 33.5 Å². The van der Waals surface area contributed by atoms with Gasteiger partial charge in [0.2, 0.25) is 0 Å². The number of methoxy groups -OCH3 is 2. The number of aromatic nitrogens is 4. The quantitative estimate of drug-likeness (QED) is 0.0640. The number of benzene rings is 4. The lowest BCUT2D eigenvalue weighted by Gasteiger charge is -2.16. The Morgan fingerprint density at radius 2 is 0.788 bits per heavy atom. The van der Waals surface area contributed by atoms with Crippen molar-refractivity contribution in [3.63, 3.8) is 0 Å². The van der Waals surface area contributed by atoms with E-state index in [9.17, 15) is 9.59 Å². The van der Waals surface area contributed by atoms with Crippen molar-refractivity contribution in [2.45, 2.75) is 24.2 Å². The summed E-state index contributed by atoms with van der Waals surface area (Å²) in [5.74, 6) is 0.250. The summed E-state index contributed by atoms with van der Waals surface area (Å²) < 4.78 is 21.8. The van der Waals surface area contributed by atoms with Crippen LogP contribution in [0, 0.1) is 0 Å². The van der Waals surface area contributed by atoms with Crippen LogP contribution in [-0.4, -0.2) is 59.3 Å². The molecule has 2 heterocycles. The van der Waals surface area contributed by atoms with Gasteiger partial charge < -0.3 is 18.9 Å².